The Kier molecular flexibility index (Phi) is 6.16. The molecule has 8 nitrogen and oxygen atoms in total. The third-order valence-corrected chi connectivity index (χ3v) is 4.57. The second kappa shape index (κ2) is 8.12. The molecule has 2 aliphatic rings. The largest absolute Gasteiger partial charge is 0.355 e. The summed E-state index contributed by atoms with van der Waals surface area (Å²) in [4.78, 5) is 49.1. The van der Waals surface area contributed by atoms with Gasteiger partial charge in [-0.3, -0.25) is 19.3 Å². The van der Waals surface area contributed by atoms with Crippen molar-refractivity contribution in [2.24, 2.45) is 0 Å². The zero-order chi connectivity index (χ0) is 17.6. The Morgan fingerprint density at radius 3 is 2.29 bits per heavy atom. The van der Waals surface area contributed by atoms with E-state index in [0.29, 0.717) is 19.4 Å². The van der Waals surface area contributed by atoms with E-state index in [1.54, 1.807) is 6.92 Å². The molecule has 0 radical (unpaired) electrons. The predicted octanol–water partition coefficient (Wildman–Crippen LogP) is 0.274. The van der Waals surface area contributed by atoms with Gasteiger partial charge in [0, 0.05) is 6.54 Å². The van der Waals surface area contributed by atoms with Crippen LogP contribution in [0.4, 0.5) is 4.79 Å². The van der Waals surface area contributed by atoms with Crippen LogP contribution in [-0.2, 0) is 14.4 Å². The number of urea groups is 1. The van der Waals surface area contributed by atoms with Crippen LogP contribution in [0, 0.1) is 0 Å². The van der Waals surface area contributed by atoms with Crippen LogP contribution in [0.25, 0.3) is 0 Å². The molecule has 1 aliphatic carbocycles. The van der Waals surface area contributed by atoms with Gasteiger partial charge in [-0.2, -0.15) is 0 Å². The second-order valence-corrected chi connectivity index (χ2v) is 6.40. The molecule has 3 N–H and O–H groups in total. The summed E-state index contributed by atoms with van der Waals surface area (Å²) in [6.07, 6.45) is 6.29. The monoisotopic (exact) mass is 338 g/mol. The van der Waals surface area contributed by atoms with E-state index in [0.717, 1.165) is 37.0 Å². The van der Waals surface area contributed by atoms with E-state index in [1.165, 1.54) is 0 Å². The smallest absolute Gasteiger partial charge is 0.325 e. The van der Waals surface area contributed by atoms with Crippen LogP contribution in [0.3, 0.4) is 0 Å². The van der Waals surface area contributed by atoms with Crippen molar-refractivity contribution in [3.8, 4) is 0 Å². The maximum atomic E-state index is 12.7. The highest BCUT2D eigenvalue weighted by Gasteiger charge is 2.50. The molecule has 0 unspecified atom stereocenters. The van der Waals surface area contributed by atoms with Crippen molar-refractivity contribution in [1.29, 1.82) is 0 Å². The van der Waals surface area contributed by atoms with Gasteiger partial charge in [-0.15, -0.1) is 0 Å². The number of imide groups is 1. The van der Waals surface area contributed by atoms with E-state index >= 15 is 0 Å². The average Bonchev–Trinajstić information content (AvgIpc) is 2.74. The average molecular weight is 338 g/mol. The normalized spacial score (nSPS) is 20.3. The summed E-state index contributed by atoms with van der Waals surface area (Å²) >= 11 is 0. The van der Waals surface area contributed by atoms with E-state index in [-0.39, 0.29) is 24.9 Å². The molecule has 0 atom stereocenters. The molecule has 24 heavy (non-hydrogen) atoms. The van der Waals surface area contributed by atoms with E-state index in [9.17, 15) is 19.2 Å². The molecule has 134 valence electrons. The fourth-order valence-corrected chi connectivity index (χ4v) is 3.31. The molecule has 1 aliphatic heterocycles. The highest BCUT2D eigenvalue weighted by atomic mass is 16.2. The van der Waals surface area contributed by atoms with Crippen LogP contribution in [0.5, 0.6) is 0 Å². The Bertz CT molecular complexity index is 512. The first-order valence-corrected chi connectivity index (χ1v) is 8.66. The van der Waals surface area contributed by atoms with Crippen LogP contribution in [-0.4, -0.2) is 53.8 Å². The summed E-state index contributed by atoms with van der Waals surface area (Å²) in [5.74, 6) is -1.14. The summed E-state index contributed by atoms with van der Waals surface area (Å²) in [5.41, 5.74) is -0.850. The lowest BCUT2D eigenvalue weighted by atomic mass is 9.84. The van der Waals surface area contributed by atoms with Crippen LogP contribution >= 0.6 is 0 Å². The Morgan fingerprint density at radius 2 is 1.67 bits per heavy atom. The van der Waals surface area contributed by atoms with Crippen LogP contribution < -0.4 is 16.0 Å². The van der Waals surface area contributed by atoms with Crippen LogP contribution in [0.15, 0.2) is 0 Å². The van der Waals surface area contributed by atoms with Gasteiger partial charge < -0.3 is 16.0 Å². The van der Waals surface area contributed by atoms with Gasteiger partial charge in [-0.1, -0.05) is 32.1 Å². The molecule has 0 aromatic carbocycles. The van der Waals surface area contributed by atoms with Crippen molar-refractivity contribution in [3.05, 3.63) is 0 Å². The number of hydrogen-bond acceptors (Lipinski definition) is 4. The van der Waals surface area contributed by atoms with Crippen molar-refractivity contribution in [3.63, 3.8) is 0 Å². The molecule has 0 bridgehead atoms. The molecule has 1 spiro atoms. The molecule has 0 aromatic heterocycles. The lowest BCUT2D eigenvalue weighted by Crippen LogP contribution is -2.48. The maximum absolute atomic E-state index is 12.7. The minimum absolute atomic E-state index is 0.165. The maximum Gasteiger partial charge on any atom is 0.325 e. The Labute approximate surface area is 141 Å². The molecule has 1 saturated carbocycles. The number of carbonyl (C=O) groups is 4. The summed E-state index contributed by atoms with van der Waals surface area (Å²) in [6, 6.07) is -0.520. The minimum Gasteiger partial charge on any atom is -0.355 e. The topological polar surface area (TPSA) is 108 Å². The molecule has 8 heteroatoms. The second-order valence-electron chi connectivity index (χ2n) is 6.40. The molecule has 5 amide bonds. The van der Waals surface area contributed by atoms with E-state index in [2.05, 4.69) is 16.0 Å². The van der Waals surface area contributed by atoms with Gasteiger partial charge >= 0.3 is 6.03 Å². The Morgan fingerprint density at radius 1 is 1.04 bits per heavy atom. The summed E-state index contributed by atoms with van der Waals surface area (Å²) in [5, 5.41) is 7.79. The van der Waals surface area contributed by atoms with E-state index < -0.39 is 17.5 Å². The molecule has 1 saturated heterocycles. The summed E-state index contributed by atoms with van der Waals surface area (Å²) in [7, 11) is 0. The van der Waals surface area contributed by atoms with E-state index in [1.807, 2.05) is 0 Å². The fourth-order valence-electron chi connectivity index (χ4n) is 3.31. The minimum atomic E-state index is -0.850. The third kappa shape index (κ3) is 4.24. The quantitative estimate of drug-likeness (QED) is 0.626. The van der Waals surface area contributed by atoms with Crippen molar-refractivity contribution in [1.82, 2.24) is 20.9 Å². The zero-order valence-electron chi connectivity index (χ0n) is 14.2. The van der Waals surface area contributed by atoms with Gasteiger partial charge in [0.1, 0.15) is 12.1 Å². The van der Waals surface area contributed by atoms with Crippen LogP contribution in [0.1, 0.15) is 51.9 Å². The highest BCUT2D eigenvalue weighted by Crippen LogP contribution is 2.31. The molecule has 2 fully saturated rings. The number of nitrogens with one attached hydrogen (secondary N) is 3. The first kappa shape index (κ1) is 18.2. The number of carbonyl (C=O) groups excluding carboxylic acids is 4. The van der Waals surface area contributed by atoms with Crippen LogP contribution in [0.2, 0.25) is 0 Å². The predicted molar refractivity (Wildman–Crippen MR) is 87.0 cm³/mol. The van der Waals surface area contributed by atoms with Gasteiger partial charge in [0.2, 0.25) is 11.8 Å². The molecule has 0 aromatic rings. The van der Waals surface area contributed by atoms with Gasteiger partial charge in [-0.25, -0.2) is 4.79 Å². The van der Waals surface area contributed by atoms with Gasteiger partial charge in [0.25, 0.3) is 5.91 Å². The van der Waals surface area contributed by atoms with Gasteiger partial charge in [-0.05, 0) is 19.8 Å². The standard InChI is InChI=1S/C16H26N4O4/c1-2-17-12(21)10-18-13(22)11-20-14(23)16(19-15(20)24)8-6-4-3-5-7-9-16/h2-11H2,1H3,(H,17,21)(H,18,22)(H,19,24). The van der Waals surface area contributed by atoms with Crippen molar-refractivity contribution < 1.29 is 19.2 Å². The number of hydrogen-bond donors (Lipinski definition) is 3. The van der Waals surface area contributed by atoms with Crippen molar-refractivity contribution in [2.45, 2.75) is 57.4 Å². The molecular formula is C16H26N4O4. The molecular weight excluding hydrogens is 312 g/mol. The number of rotatable bonds is 5. The van der Waals surface area contributed by atoms with Gasteiger partial charge in [0.05, 0.1) is 6.54 Å². The Hall–Kier alpha value is -2.12. The molecule has 1 heterocycles. The highest BCUT2D eigenvalue weighted by molar-refractivity contribution is 6.09. The lowest BCUT2D eigenvalue weighted by Gasteiger charge is -2.28. The van der Waals surface area contributed by atoms with Crippen molar-refractivity contribution >= 4 is 23.8 Å². The molecule has 2 rings (SSSR count). The zero-order valence-corrected chi connectivity index (χ0v) is 14.2. The van der Waals surface area contributed by atoms with Gasteiger partial charge in [0.15, 0.2) is 0 Å². The Balaban J connectivity index is 1.93. The SMILES string of the molecule is CCNC(=O)CNC(=O)CN1C(=O)NC2(CCCCCCC2)C1=O. The third-order valence-electron chi connectivity index (χ3n) is 4.57. The number of likely N-dealkylation sites (N-methyl/N-ethyl adjacent to an activating group) is 1. The fraction of sp³-hybridized carbons (Fsp3) is 0.750. The van der Waals surface area contributed by atoms with Crippen molar-refractivity contribution in [2.75, 3.05) is 19.6 Å². The first-order chi connectivity index (χ1) is 11.5. The summed E-state index contributed by atoms with van der Waals surface area (Å²) < 4.78 is 0. The first-order valence-electron chi connectivity index (χ1n) is 8.66. The lowest BCUT2D eigenvalue weighted by molar-refractivity contribution is -0.135. The number of nitrogens with zero attached hydrogens (tertiary/aromatic N) is 1. The van der Waals surface area contributed by atoms with E-state index in [4.69, 9.17) is 0 Å². The number of amides is 5. The summed E-state index contributed by atoms with van der Waals surface area (Å²) in [6.45, 7) is 1.74.